The molecule has 0 spiro atoms. The van der Waals surface area contributed by atoms with E-state index in [0.717, 1.165) is 10.0 Å². The van der Waals surface area contributed by atoms with Crippen molar-refractivity contribution in [3.8, 4) is 17.1 Å². The van der Waals surface area contributed by atoms with Crippen molar-refractivity contribution < 1.29 is 13.9 Å². The van der Waals surface area contributed by atoms with Crippen LogP contribution in [0.2, 0.25) is 10.0 Å². The van der Waals surface area contributed by atoms with Crippen LogP contribution < -0.4 is 15.5 Å². The zero-order valence-corrected chi connectivity index (χ0v) is 20.7. The summed E-state index contributed by atoms with van der Waals surface area (Å²) in [5, 5.41) is 4.00. The molecule has 4 rings (SSSR count). The van der Waals surface area contributed by atoms with E-state index in [1.807, 2.05) is 19.1 Å². The van der Waals surface area contributed by atoms with Gasteiger partial charge in [-0.05, 0) is 80.1 Å². The maximum Gasteiger partial charge on any atom is 0.265 e. The molecule has 0 aliphatic heterocycles. The van der Waals surface area contributed by atoms with Crippen LogP contribution in [0.4, 0.5) is 5.69 Å². The van der Waals surface area contributed by atoms with Gasteiger partial charge in [0, 0.05) is 25.8 Å². The Hall–Kier alpha value is -2.80. The summed E-state index contributed by atoms with van der Waals surface area (Å²) in [6.07, 6.45) is -0.985. The molecule has 0 aliphatic carbocycles. The summed E-state index contributed by atoms with van der Waals surface area (Å²) in [6, 6.07) is 17.2. The average molecular weight is 547 g/mol. The maximum absolute atomic E-state index is 13.4. The number of aryl methyl sites for hydroxylation is 1. The van der Waals surface area contributed by atoms with Crippen LogP contribution in [0.5, 0.6) is 5.75 Å². The molecule has 0 saturated carbocycles. The lowest BCUT2D eigenvalue weighted by Crippen LogP contribution is -2.31. The van der Waals surface area contributed by atoms with Crippen molar-refractivity contribution in [1.82, 2.24) is 0 Å². The van der Waals surface area contributed by atoms with E-state index in [4.69, 9.17) is 32.4 Å². The number of benzene rings is 3. The molecule has 1 unspecified atom stereocenters. The van der Waals surface area contributed by atoms with E-state index in [1.54, 1.807) is 55.5 Å². The molecular formula is C25H18BrCl2NO4. The predicted octanol–water partition coefficient (Wildman–Crippen LogP) is 7.24. The molecule has 0 bridgehead atoms. The fourth-order valence-corrected chi connectivity index (χ4v) is 3.76. The number of rotatable bonds is 5. The quantitative estimate of drug-likeness (QED) is 0.286. The lowest BCUT2D eigenvalue weighted by Gasteiger charge is -2.17. The van der Waals surface area contributed by atoms with E-state index in [2.05, 4.69) is 21.2 Å². The van der Waals surface area contributed by atoms with Crippen molar-refractivity contribution >= 4 is 61.7 Å². The fraction of sp³-hybridized carbons (Fsp3) is 0.120. The van der Waals surface area contributed by atoms with Gasteiger partial charge in [-0.3, -0.25) is 9.59 Å². The molecule has 1 heterocycles. The molecule has 33 heavy (non-hydrogen) atoms. The molecule has 168 valence electrons. The van der Waals surface area contributed by atoms with Gasteiger partial charge in [-0.2, -0.15) is 0 Å². The third-order valence-corrected chi connectivity index (χ3v) is 6.20. The lowest BCUT2D eigenvalue weighted by atomic mass is 10.1. The number of carbonyl (C=O) groups excluding carboxylic acids is 1. The molecule has 1 N–H and O–H groups in total. The third kappa shape index (κ3) is 5.08. The number of carbonyl (C=O) groups is 1. The van der Waals surface area contributed by atoms with Crippen LogP contribution in [-0.4, -0.2) is 12.0 Å². The van der Waals surface area contributed by atoms with Gasteiger partial charge in [0.2, 0.25) is 11.2 Å². The van der Waals surface area contributed by atoms with Crippen molar-refractivity contribution in [1.29, 1.82) is 0 Å². The minimum absolute atomic E-state index is 0.0804. The van der Waals surface area contributed by atoms with Crippen molar-refractivity contribution in [2.45, 2.75) is 20.0 Å². The highest BCUT2D eigenvalue weighted by Gasteiger charge is 2.23. The molecule has 1 amide bonds. The van der Waals surface area contributed by atoms with E-state index >= 15 is 0 Å². The van der Waals surface area contributed by atoms with Crippen LogP contribution in [0.1, 0.15) is 12.5 Å². The van der Waals surface area contributed by atoms with Gasteiger partial charge in [-0.1, -0.05) is 39.1 Å². The van der Waals surface area contributed by atoms with Gasteiger partial charge in [-0.25, -0.2) is 0 Å². The summed E-state index contributed by atoms with van der Waals surface area (Å²) in [7, 11) is 0. The second-order valence-corrected chi connectivity index (χ2v) is 9.21. The molecule has 4 aromatic rings. The molecule has 8 heteroatoms. The Labute approximate surface area is 208 Å². The Morgan fingerprint density at radius 1 is 1.06 bits per heavy atom. The number of nitrogens with one attached hydrogen (secondary N) is 1. The lowest BCUT2D eigenvalue weighted by molar-refractivity contribution is -0.122. The molecular weight excluding hydrogens is 529 g/mol. The van der Waals surface area contributed by atoms with Gasteiger partial charge < -0.3 is 14.5 Å². The van der Waals surface area contributed by atoms with Crippen LogP contribution in [0.25, 0.3) is 22.3 Å². The molecule has 1 atom stereocenters. The maximum atomic E-state index is 13.4. The number of anilines is 1. The Balaban J connectivity index is 1.76. The van der Waals surface area contributed by atoms with E-state index in [9.17, 15) is 9.59 Å². The Kier molecular flexibility index (Phi) is 6.79. The predicted molar refractivity (Wildman–Crippen MR) is 136 cm³/mol. The minimum Gasteiger partial charge on any atom is -0.473 e. The van der Waals surface area contributed by atoms with Crippen molar-refractivity contribution in [3.05, 3.63) is 91.0 Å². The van der Waals surface area contributed by atoms with E-state index < -0.39 is 17.4 Å². The number of hydrogen-bond acceptors (Lipinski definition) is 4. The molecule has 5 nitrogen and oxygen atoms in total. The zero-order valence-electron chi connectivity index (χ0n) is 17.6. The fourth-order valence-electron chi connectivity index (χ4n) is 3.20. The number of hydrogen-bond donors (Lipinski definition) is 1. The summed E-state index contributed by atoms with van der Waals surface area (Å²) in [5.41, 5.74) is 1.90. The topological polar surface area (TPSA) is 68.5 Å². The molecule has 3 aromatic carbocycles. The van der Waals surface area contributed by atoms with Gasteiger partial charge in [0.05, 0.1) is 5.39 Å². The van der Waals surface area contributed by atoms with Gasteiger partial charge in [0.15, 0.2) is 11.9 Å². The first-order valence-electron chi connectivity index (χ1n) is 9.99. The van der Waals surface area contributed by atoms with E-state index in [1.165, 1.54) is 0 Å². The summed E-state index contributed by atoms with van der Waals surface area (Å²) in [5.74, 6) is -0.293. The first kappa shape index (κ1) is 23.4. The van der Waals surface area contributed by atoms with Crippen LogP contribution in [-0.2, 0) is 4.79 Å². The molecule has 0 saturated heterocycles. The number of ether oxygens (including phenoxy) is 1. The number of halogens is 3. The highest BCUT2D eigenvalue weighted by Crippen LogP contribution is 2.34. The Morgan fingerprint density at radius 3 is 2.39 bits per heavy atom. The van der Waals surface area contributed by atoms with Crippen molar-refractivity contribution in [3.63, 3.8) is 0 Å². The second-order valence-electron chi connectivity index (χ2n) is 7.45. The van der Waals surface area contributed by atoms with Crippen LogP contribution >= 0.6 is 39.1 Å². The average Bonchev–Trinajstić information content (AvgIpc) is 2.79. The van der Waals surface area contributed by atoms with Gasteiger partial charge in [0.1, 0.15) is 5.58 Å². The van der Waals surface area contributed by atoms with Crippen LogP contribution in [0.15, 0.2) is 74.3 Å². The van der Waals surface area contributed by atoms with E-state index in [0.29, 0.717) is 26.9 Å². The Bertz CT molecular complexity index is 1400. The summed E-state index contributed by atoms with van der Waals surface area (Å²) >= 11 is 15.6. The SMILES string of the molecule is Cc1cc2oc(-c3ccc(Cl)cc3)c(OC(C)C(=O)Nc3ccc(Br)cc3)c(=O)c2cc1Cl. The van der Waals surface area contributed by atoms with Gasteiger partial charge in [-0.15, -0.1) is 0 Å². The van der Waals surface area contributed by atoms with Gasteiger partial charge >= 0.3 is 0 Å². The highest BCUT2D eigenvalue weighted by atomic mass is 79.9. The van der Waals surface area contributed by atoms with Gasteiger partial charge in [0.25, 0.3) is 5.91 Å². The minimum atomic E-state index is -0.985. The molecule has 0 aliphatic rings. The van der Waals surface area contributed by atoms with Crippen molar-refractivity contribution in [2.24, 2.45) is 0 Å². The van der Waals surface area contributed by atoms with Crippen LogP contribution in [0, 0.1) is 6.92 Å². The number of amides is 1. The van der Waals surface area contributed by atoms with E-state index in [-0.39, 0.29) is 16.9 Å². The Morgan fingerprint density at radius 2 is 1.73 bits per heavy atom. The third-order valence-electron chi connectivity index (χ3n) is 5.01. The monoisotopic (exact) mass is 545 g/mol. The molecule has 0 fully saturated rings. The van der Waals surface area contributed by atoms with Crippen molar-refractivity contribution in [2.75, 3.05) is 5.32 Å². The summed E-state index contributed by atoms with van der Waals surface area (Å²) in [6.45, 7) is 3.38. The number of fused-ring (bicyclic) bond motifs is 1. The smallest absolute Gasteiger partial charge is 0.265 e. The highest BCUT2D eigenvalue weighted by molar-refractivity contribution is 9.10. The first-order chi connectivity index (χ1) is 15.7. The molecule has 1 aromatic heterocycles. The first-order valence-corrected chi connectivity index (χ1v) is 11.5. The summed E-state index contributed by atoms with van der Waals surface area (Å²) < 4.78 is 12.9. The molecule has 0 radical (unpaired) electrons. The standard InChI is InChI=1S/C25H18BrCl2NO4/c1-13-11-21-19(12-20(13)28)22(30)24(23(33-21)15-3-7-17(27)8-4-15)32-14(2)25(31)29-18-9-5-16(26)6-10-18/h3-12,14H,1-2H3,(H,29,31). The largest absolute Gasteiger partial charge is 0.473 e. The zero-order chi connectivity index (χ0) is 23.7. The summed E-state index contributed by atoms with van der Waals surface area (Å²) in [4.78, 5) is 26.1. The van der Waals surface area contributed by atoms with Crippen LogP contribution in [0.3, 0.4) is 0 Å². The second kappa shape index (κ2) is 9.59. The normalized spacial score (nSPS) is 11.9.